The molecule has 3 heteroatoms. The molecule has 0 aromatic heterocycles. The van der Waals surface area contributed by atoms with Crippen molar-refractivity contribution in [3.05, 3.63) is 24.3 Å². The van der Waals surface area contributed by atoms with E-state index in [4.69, 9.17) is 9.47 Å². The topological polar surface area (TPSA) is 30.5 Å². The van der Waals surface area contributed by atoms with Gasteiger partial charge in [-0.1, -0.05) is 0 Å². The second kappa shape index (κ2) is 6.50. The fourth-order valence-electron chi connectivity index (χ4n) is 2.19. The van der Waals surface area contributed by atoms with Gasteiger partial charge in [0, 0.05) is 0 Å². The maximum absolute atomic E-state index is 5.73. The van der Waals surface area contributed by atoms with Crippen LogP contribution in [0.25, 0.3) is 0 Å². The van der Waals surface area contributed by atoms with Crippen LogP contribution in [0.3, 0.4) is 0 Å². The fraction of sp³-hybridized carbons (Fsp3) is 0.571. The lowest BCUT2D eigenvalue weighted by atomic mass is 9.95. The normalized spacial score (nSPS) is 16.8. The standard InChI is InChI=1S/C14H21NO2/c1-16-13-2-4-14(5-3-13)17-11-8-12-6-9-15-10-7-12/h2-5,12,15H,6-11H2,1H3. The van der Waals surface area contributed by atoms with Gasteiger partial charge < -0.3 is 14.8 Å². The van der Waals surface area contributed by atoms with Crippen molar-refractivity contribution in [3.63, 3.8) is 0 Å². The van der Waals surface area contributed by atoms with Crippen LogP contribution < -0.4 is 14.8 Å². The van der Waals surface area contributed by atoms with E-state index >= 15 is 0 Å². The molecule has 0 aliphatic carbocycles. The summed E-state index contributed by atoms with van der Waals surface area (Å²) in [7, 11) is 1.67. The molecule has 1 aromatic carbocycles. The van der Waals surface area contributed by atoms with E-state index in [9.17, 15) is 0 Å². The molecule has 94 valence electrons. The Kier molecular flexibility index (Phi) is 4.68. The van der Waals surface area contributed by atoms with Gasteiger partial charge in [0.25, 0.3) is 0 Å². The summed E-state index contributed by atoms with van der Waals surface area (Å²) in [5, 5.41) is 3.38. The van der Waals surface area contributed by atoms with E-state index in [1.165, 1.54) is 12.8 Å². The first kappa shape index (κ1) is 12.2. The maximum Gasteiger partial charge on any atom is 0.119 e. The summed E-state index contributed by atoms with van der Waals surface area (Å²) >= 11 is 0. The molecule has 0 bridgehead atoms. The summed E-state index contributed by atoms with van der Waals surface area (Å²) in [5.41, 5.74) is 0. The van der Waals surface area contributed by atoms with E-state index in [-0.39, 0.29) is 0 Å². The van der Waals surface area contributed by atoms with Crippen LogP contribution in [0.1, 0.15) is 19.3 Å². The first-order valence-electron chi connectivity index (χ1n) is 6.36. The van der Waals surface area contributed by atoms with Crippen molar-refractivity contribution >= 4 is 0 Å². The number of rotatable bonds is 5. The van der Waals surface area contributed by atoms with Crippen LogP contribution in [0.5, 0.6) is 11.5 Å². The van der Waals surface area contributed by atoms with Crippen LogP contribution in [0, 0.1) is 5.92 Å². The predicted molar refractivity (Wildman–Crippen MR) is 68.7 cm³/mol. The summed E-state index contributed by atoms with van der Waals surface area (Å²) in [6, 6.07) is 7.78. The molecule has 2 rings (SSSR count). The van der Waals surface area contributed by atoms with Crippen LogP contribution in [-0.4, -0.2) is 26.8 Å². The van der Waals surface area contributed by atoms with Crippen LogP contribution in [0.15, 0.2) is 24.3 Å². The summed E-state index contributed by atoms with van der Waals surface area (Å²) in [6.07, 6.45) is 3.73. The molecule has 0 saturated carbocycles. The summed E-state index contributed by atoms with van der Waals surface area (Å²) in [4.78, 5) is 0. The third-order valence-corrected chi connectivity index (χ3v) is 3.31. The van der Waals surface area contributed by atoms with Crippen molar-refractivity contribution in [3.8, 4) is 11.5 Å². The first-order chi connectivity index (χ1) is 8.38. The number of benzene rings is 1. The van der Waals surface area contributed by atoms with E-state index in [2.05, 4.69) is 5.32 Å². The van der Waals surface area contributed by atoms with Crippen LogP contribution in [0.4, 0.5) is 0 Å². The van der Waals surface area contributed by atoms with Crippen molar-refractivity contribution in [1.82, 2.24) is 5.32 Å². The number of ether oxygens (including phenoxy) is 2. The Labute approximate surface area is 103 Å². The maximum atomic E-state index is 5.73. The minimum atomic E-state index is 0.816. The van der Waals surface area contributed by atoms with Gasteiger partial charge in [-0.3, -0.25) is 0 Å². The molecule has 17 heavy (non-hydrogen) atoms. The third kappa shape index (κ3) is 3.93. The largest absolute Gasteiger partial charge is 0.497 e. The van der Waals surface area contributed by atoms with E-state index in [1.54, 1.807) is 7.11 Å². The van der Waals surface area contributed by atoms with Gasteiger partial charge in [0.1, 0.15) is 11.5 Å². The zero-order valence-corrected chi connectivity index (χ0v) is 10.4. The van der Waals surface area contributed by atoms with Crippen LogP contribution in [0.2, 0.25) is 0 Å². The highest BCUT2D eigenvalue weighted by molar-refractivity contribution is 5.31. The Morgan fingerprint density at radius 1 is 1.12 bits per heavy atom. The molecule has 1 N–H and O–H groups in total. The molecule has 1 aromatic rings. The molecule has 0 unspecified atom stereocenters. The summed E-state index contributed by atoms with van der Waals surface area (Å²) in [5.74, 6) is 2.63. The van der Waals surface area contributed by atoms with Crippen LogP contribution in [-0.2, 0) is 0 Å². The van der Waals surface area contributed by atoms with Crippen molar-refractivity contribution < 1.29 is 9.47 Å². The molecule has 1 aliphatic rings. The van der Waals surface area contributed by atoms with Gasteiger partial charge in [0.2, 0.25) is 0 Å². The fourth-order valence-corrected chi connectivity index (χ4v) is 2.19. The highest BCUT2D eigenvalue weighted by atomic mass is 16.5. The lowest BCUT2D eigenvalue weighted by Gasteiger charge is -2.22. The predicted octanol–water partition coefficient (Wildman–Crippen LogP) is 2.46. The Morgan fingerprint density at radius 2 is 1.76 bits per heavy atom. The van der Waals surface area contributed by atoms with Gasteiger partial charge in [-0.2, -0.15) is 0 Å². The molecular formula is C14H21NO2. The SMILES string of the molecule is COc1ccc(OCCC2CCNCC2)cc1. The van der Waals surface area contributed by atoms with Gasteiger partial charge in [-0.05, 0) is 62.5 Å². The van der Waals surface area contributed by atoms with Gasteiger partial charge in [0.15, 0.2) is 0 Å². The minimum absolute atomic E-state index is 0.816. The number of piperidine rings is 1. The zero-order valence-electron chi connectivity index (χ0n) is 10.4. The highest BCUT2D eigenvalue weighted by Crippen LogP contribution is 2.19. The lowest BCUT2D eigenvalue weighted by Crippen LogP contribution is -2.28. The van der Waals surface area contributed by atoms with Crippen molar-refractivity contribution in [1.29, 1.82) is 0 Å². The Balaban J connectivity index is 1.69. The first-order valence-corrected chi connectivity index (χ1v) is 6.36. The van der Waals surface area contributed by atoms with E-state index < -0.39 is 0 Å². The molecule has 0 atom stereocenters. The van der Waals surface area contributed by atoms with E-state index in [1.807, 2.05) is 24.3 Å². The van der Waals surface area contributed by atoms with E-state index in [0.717, 1.165) is 43.5 Å². The Morgan fingerprint density at radius 3 is 2.41 bits per heavy atom. The molecule has 1 heterocycles. The average molecular weight is 235 g/mol. The summed E-state index contributed by atoms with van der Waals surface area (Å²) in [6.45, 7) is 3.14. The molecule has 1 fully saturated rings. The highest BCUT2D eigenvalue weighted by Gasteiger charge is 2.12. The van der Waals surface area contributed by atoms with Gasteiger partial charge in [0.05, 0.1) is 13.7 Å². The molecule has 0 radical (unpaired) electrons. The monoisotopic (exact) mass is 235 g/mol. The second-order valence-corrected chi connectivity index (χ2v) is 4.51. The Hall–Kier alpha value is -1.22. The van der Waals surface area contributed by atoms with Crippen molar-refractivity contribution in [2.45, 2.75) is 19.3 Å². The number of methoxy groups -OCH3 is 1. The van der Waals surface area contributed by atoms with Crippen LogP contribution >= 0.6 is 0 Å². The lowest BCUT2D eigenvalue weighted by molar-refractivity contribution is 0.251. The number of nitrogens with one attached hydrogen (secondary N) is 1. The minimum Gasteiger partial charge on any atom is -0.497 e. The van der Waals surface area contributed by atoms with Gasteiger partial charge >= 0.3 is 0 Å². The zero-order chi connectivity index (χ0) is 11.9. The molecule has 0 amide bonds. The van der Waals surface area contributed by atoms with Crippen molar-refractivity contribution in [2.24, 2.45) is 5.92 Å². The molecule has 3 nitrogen and oxygen atoms in total. The Bertz CT molecular complexity index is 317. The van der Waals surface area contributed by atoms with E-state index in [0.29, 0.717) is 0 Å². The van der Waals surface area contributed by atoms with Gasteiger partial charge in [-0.15, -0.1) is 0 Å². The smallest absolute Gasteiger partial charge is 0.119 e. The molecule has 1 aliphatic heterocycles. The molecular weight excluding hydrogens is 214 g/mol. The van der Waals surface area contributed by atoms with Crippen molar-refractivity contribution in [2.75, 3.05) is 26.8 Å². The average Bonchev–Trinajstić information content (AvgIpc) is 2.41. The summed E-state index contributed by atoms with van der Waals surface area (Å²) < 4.78 is 10.8. The second-order valence-electron chi connectivity index (χ2n) is 4.51. The number of hydrogen-bond donors (Lipinski definition) is 1. The molecule has 0 spiro atoms. The quantitative estimate of drug-likeness (QED) is 0.850. The number of hydrogen-bond acceptors (Lipinski definition) is 3. The third-order valence-electron chi connectivity index (χ3n) is 3.31. The van der Waals surface area contributed by atoms with Gasteiger partial charge in [-0.25, -0.2) is 0 Å². The molecule has 1 saturated heterocycles.